The van der Waals surface area contributed by atoms with E-state index >= 15 is 0 Å². The van der Waals surface area contributed by atoms with Crippen molar-refractivity contribution >= 4 is 11.8 Å². The van der Waals surface area contributed by atoms with Crippen molar-refractivity contribution in [1.29, 1.82) is 0 Å². The SMILES string of the molecule is O=C(NCc1ccc(Oc2ccc(F)cc2)nc1)C1CCN(C(=O)C2CC2)CC1. The largest absolute Gasteiger partial charge is 0.439 e. The van der Waals surface area contributed by atoms with E-state index in [-0.39, 0.29) is 29.5 Å². The number of benzene rings is 1. The predicted octanol–water partition coefficient (Wildman–Crippen LogP) is 3.28. The van der Waals surface area contributed by atoms with Crippen molar-refractivity contribution in [3.8, 4) is 11.6 Å². The number of likely N-dealkylation sites (tertiary alicyclic amines) is 1. The molecule has 2 heterocycles. The molecule has 2 aromatic rings. The molecule has 0 radical (unpaired) electrons. The van der Waals surface area contributed by atoms with Crippen LogP contribution in [0.15, 0.2) is 42.6 Å². The molecule has 0 bridgehead atoms. The summed E-state index contributed by atoms with van der Waals surface area (Å²) in [6.45, 7) is 1.73. The molecule has 0 spiro atoms. The van der Waals surface area contributed by atoms with Crippen LogP contribution in [0, 0.1) is 17.7 Å². The number of carbonyl (C=O) groups is 2. The van der Waals surface area contributed by atoms with E-state index in [0.717, 1.165) is 18.4 Å². The van der Waals surface area contributed by atoms with Gasteiger partial charge in [0.2, 0.25) is 17.7 Å². The van der Waals surface area contributed by atoms with E-state index in [0.29, 0.717) is 44.1 Å². The highest BCUT2D eigenvalue weighted by atomic mass is 19.1. The molecule has 1 saturated carbocycles. The van der Waals surface area contributed by atoms with E-state index in [4.69, 9.17) is 4.74 Å². The molecule has 2 amide bonds. The molecule has 1 aromatic carbocycles. The lowest BCUT2D eigenvalue weighted by Gasteiger charge is -2.31. The summed E-state index contributed by atoms with van der Waals surface area (Å²) in [5.41, 5.74) is 0.867. The Kier molecular flexibility index (Phi) is 5.74. The van der Waals surface area contributed by atoms with E-state index in [9.17, 15) is 14.0 Å². The molecule has 4 rings (SSSR count). The number of amides is 2. The van der Waals surface area contributed by atoms with Gasteiger partial charge in [0.25, 0.3) is 0 Å². The maximum absolute atomic E-state index is 12.9. The Morgan fingerprint density at radius 1 is 1.03 bits per heavy atom. The first-order chi connectivity index (χ1) is 14.1. The lowest BCUT2D eigenvalue weighted by molar-refractivity contribution is -0.136. The number of carbonyl (C=O) groups excluding carboxylic acids is 2. The van der Waals surface area contributed by atoms with Gasteiger partial charge in [-0.3, -0.25) is 9.59 Å². The zero-order valence-electron chi connectivity index (χ0n) is 16.1. The van der Waals surface area contributed by atoms with Crippen molar-refractivity contribution in [1.82, 2.24) is 15.2 Å². The maximum Gasteiger partial charge on any atom is 0.225 e. The van der Waals surface area contributed by atoms with Crippen molar-refractivity contribution in [2.24, 2.45) is 11.8 Å². The summed E-state index contributed by atoms with van der Waals surface area (Å²) in [7, 11) is 0. The van der Waals surface area contributed by atoms with Gasteiger partial charge in [0.05, 0.1) is 0 Å². The van der Waals surface area contributed by atoms with Crippen LogP contribution in [0.25, 0.3) is 0 Å². The minimum atomic E-state index is -0.323. The Labute approximate surface area is 169 Å². The second-order valence-corrected chi connectivity index (χ2v) is 7.65. The van der Waals surface area contributed by atoms with Gasteiger partial charge in [-0.25, -0.2) is 9.37 Å². The summed E-state index contributed by atoms with van der Waals surface area (Å²) in [4.78, 5) is 30.7. The van der Waals surface area contributed by atoms with Gasteiger partial charge in [-0.2, -0.15) is 0 Å². The minimum Gasteiger partial charge on any atom is -0.439 e. The smallest absolute Gasteiger partial charge is 0.225 e. The summed E-state index contributed by atoms with van der Waals surface area (Å²) in [6.07, 6.45) is 5.11. The van der Waals surface area contributed by atoms with Crippen molar-refractivity contribution in [2.75, 3.05) is 13.1 Å². The number of nitrogens with one attached hydrogen (secondary N) is 1. The third-order valence-corrected chi connectivity index (χ3v) is 5.40. The van der Waals surface area contributed by atoms with Gasteiger partial charge in [0.15, 0.2) is 0 Å². The van der Waals surface area contributed by atoms with Crippen LogP contribution in [-0.4, -0.2) is 34.8 Å². The number of hydrogen-bond donors (Lipinski definition) is 1. The zero-order valence-corrected chi connectivity index (χ0v) is 16.1. The average Bonchev–Trinajstić information content (AvgIpc) is 3.60. The van der Waals surface area contributed by atoms with Crippen molar-refractivity contribution in [3.05, 3.63) is 54.0 Å². The van der Waals surface area contributed by atoms with E-state index in [1.807, 2.05) is 11.0 Å². The summed E-state index contributed by atoms with van der Waals surface area (Å²) < 4.78 is 18.5. The Morgan fingerprint density at radius 3 is 2.38 bits per heavy atom. The maximum atomic E-state index is 12.9. The van der Waals surface area contributed by atoms with Crippen LogP contribution in [-0.2, 0) is 16.1 Å². The van der Waals surface area contributed by atoms with Crippen LogP contribution in [0.1, 0.15) is 31.2 Å². The van der Waals surface area contributed by atoms with E-state index in [1.54, 1.807) is 12.3 Å². The number of piperidine rings is 1. The summed E-state index contributed by atoms with van der Waals surface area (Å²) >= 11 is 0. The van der Waals surface area contributed by atoms with Crippen LogP contribution in [0.2, 0.25) is 0 Å². The van der Waals surface area contributed by atoms with Crippen LogP contribution in [0.5, 0.6) is 11.6 Å². The molecule has 29 heavy (non-hydrogen) atoms. The molecule has 2 fully saturated rings. The van der Waals surface area contributed by atoms with E-state index < -0.39 is 0 Å². The molecule has 0 atom stereocenters. The number of rotatable bonds is 6. The minimum absolute atomic E-state index is 0.0233. The molecular formula is C22H24FN3O3. The molecule has 7 heteroatoms. The van der Waals surface area contributed by atoms with Gasteiger partial charge in [-0.05, 0) is 55.5 Å². The Morgan fingerprint density at radius 2 is 1.76 bits per heavy atom. The van der Waals surface area contributed by atoms with Crippen molar-refractivity contribution in [3.63, 3.8) is 0 Å². The predicted molar refractivity (Wildman–Crippen MR) is 105 cm³/mol. The average molecular weight is 397 g/mol. The third-order valence-electron chi connectivity index (χ3n) is 5.40. The van der Waals surface area contributed by atoms with Crippen molar-refractivity contribution in [2.45, 2.75) is 32.2 Å². The van der Waals surface area contributed by atoms with Gasteiger partial charge in [-0.15, -0.1) is 0 Å². The molecule has 0 unspecified atom stereocenters. The molecule has 1 aliphatic carbocycles. The number of aromatic nitrogens is 1. The highest BCUT2D eigenvalue weighted by Crippen LogP contribution is 2.32. The summed E-state index contributed by atoms with van der Waals surface area (Å²) in [5.74, 6) is 1.06. The summed E-state index contributed by atoms with van der Waals surface area (Å²) in [5, 5.41) is 2.96. The van der Waals surface area contributed by atoms with Gasteiger partial charge < -0.3 is 15.0 Å². The Hall–Kier alpha value is -2.96. The van der Waals surface area contributed by atoms with Gasteiger partial charge in [0, 0.05) is 43.7 Å². The molecule has 152 valence electrons. The van der Waals surface area contributed by atoms with E-state index in [2.05, 4.69) is 10.3 Å². The normalized spacial score (nSPS) is 17.1. The van der Waals surface area contributed by atoms with Gasteiger partial charge in [0.1, 0.15) is 11.6 Å². The fraction of sp³-hybridized carbons (Fsp3) is 0.409. The second kappa shape index (κ2) is 8.59. The monoisotopic (exact) mass is 397 g/mol. The fourth-order valence-corrected chi connectivity index (χ4v) is 3.48. The standard InChI is InChI=1S/C22H24FN3O3/c23-18-4-6-19(7-5-18)29-20-8-1-15(13-24-20)14-25-21(27)16-9-11-26(12-10-16)22(28)17-2-3-17/h1,4-8,13,16-17H,2-3,9-12,14H2,(H,25,27). The zero-order chi connectivity index (χ0) is 20.2. The summed E-state index contributed by atoms with van der Waals surface area (Å²) in [6, 6.07) is 9.27. The Balaban J connectivity index is 1.22. The fourth-order valence-electron chi connectivity index (χ4n) is 3.48. The van der Waals surface area contributed by atoms with Gasteiger partial charge >= 0.3 is 0 Å². The van der Waals surface area contributed by atoms with Crippen LogP contribution in [0.3, 0.4) is 0 Å². The molecule has 2 aliphatic rings. The molecule has 1 saturated heterocycles. The highest BCUT2D eigenvalue weighted by molar-refractivity contribution is 5.82. The third kappa shape index (κ3) is 5.10. The van der Waals surface area contributed by atoms with Crippen LogP contribution < -0.4 is 10.1 Å². The van der Waals surface area contributed by atoms with Crippen LogP contribution >= 0.6 is 0 Å². The second-order valence-electron chi connectivity index (χ2n) is 7.65. The molecule has 1 aromatic heterocycles. The molecular weight excluding hydrogens is 373 g/mol. The number of ether oxygens (including phenoxy) is 1. The number of halogens is 1. The topological polar surface area (TPSA) is 71.5 Å². The number of pyridine rings is 1. The van der Waals surface area contributed by atoms with Crippen LogP contribution in [0.4, 0.5) is 4.39 Å². The molecule has 1 N–H and O–H groups in total. The lowest BCUT2D eigenvalue weighted by atomic mass is 9.95. The molecule has 1 aliphatic heterocycles. The highest BCUT2D eigenvalue weighted by Gasteiger charge is 2.35. The lowest BCUT2D eigenvalue weighted by Crippen LogP contribution is -2.43. The first kappa shape index (κ1) is 19.4. The van der Waals surface area contributed by atoms with E-state index in [1.165, 1.54) is 24.3 Å². The molecule has 6 nitrogen and oxygen atoms in total. The Bertz CT molecular complexity index is 858. The quantitative estimate of drug-likeness (QED) is 0.812. The van der Waals surface area contributed by atoms with Gasteiger partial charge in [-0.1, -0.05) is 6.07 Å². The number of nitrogens with zero attached hydrogens (tertiary/aromatic N) is 2. The van der Waals surface area contributed by atoms with Crippen molar-refractivity contribution < 1.29 is 18.7 Å². The first-order valence-corrected chi connectivity index (χ1v) is 10.0. The number of hydrogen-bond acceptors (Lipinski definition) is 4. The first-order valence-electron chi connectivity index (χ1n) is 10.0.